The number of phenolic OH excluding ortho intramolecular Hbond substituents is 2. The maximum Gasteiger partial charge on any atom is 0.203 e. The van der Waals surface area contributed by atoms with Crippen molar-refractivity contribution < 1.29 is 29.6 Å². The molecule has 0 amide bonds. The summed E-state index contributed by atoms with van der Waals surface area (Å²) >= 11 is 0. The van der Waals surface area contributed by atoms with Crippen LogP contribution in [0.15, 0.2) is 36.4 Å². The molecule has 2 atom stereocenters. The van der Waals surface area contributed by atoms with Crippen LogP contribution in [0.25, 0.3) is 0 Å². The van der Waals surface area contributed by atoms with E-state index in [1.165, 1.54) is 13.2 Å². The number of ketones is 1. The molecular weight excluding hydrogens is 300 g/mol. The molecule has 0 unspecified atom stereocenters. The van der Waals surface area contributed by atoms with Crippen molar-refractivity contribution >= 4 is 5.78 Å². The van der Waals surface area contributed by atoms with E-state index in [0.29, 0.717) is 5.56 Å². The third-order valence-corrected chi connectivity index (χ3v) is 3.93. The van der Waals surface area contributed by atoms with Crippen LogP contribution in [0.1, 0.15) is 22.0 Å². The van der Waals surface area contributed by atoms with Crippen LogP contribution in [0.3, 0.4) is 0 Å². The Kier molecular flexibility index (Phi) is 3.83. The van der Waals surface area contributed by atoms with Gasteiger partial charge in [-0.2, -0.15) is 0 Å². The minimum absolute atomic E-state index is 0.0485. The first-order chi connectivity index (χ1) is 11.0. The highest BCUT2D eigenvalue weighted by atomic mass is 16.5. The molecule has 0 saturated heterocycles. The second-order valence-electron chi connectivity index (χ2n) is 5.29. The number of ether oxygens (including phenoxy) is 2. The standard InChI is InChI=1S/C17H16O6/c1-22-17-11(18)7-12-13(16(17)21)15(20)10(8-23-12)14(19)9-5-3-2-4-6-9/h2-7,10,14,18-19,21H,8H2,1H3/t10-,14+/m0/s1. The van der Waals surface area contributed by atoms with Crippen molar-refractivity contribution in [2.75, 3.05) is 13.7 Å². The molecule has 0 bridgehead atoms. The number of carbonyl (C=O) groups is 1. The van der Waals surface area contributed by atoms with Gasteiger partial charge in [0.05, 0.1) is 19.1 Å². The molecule has 6 heteroatoms. The number of benzene rings is 2. The van der Waals surface area contributed by atoms with E-state index in [2.05, 4.69) is 0 Å². The molecule has 0 spiro atoms. The summed E-state index contributed by atoms with van der Waals surface area (Å²) in [7, 11) is 1.27. The summed E-state index contributed by atoms with van der Waals surface area (Å²) in [6, 6.07) is 9.98. The molecule has 1 heterocycles. The van der Waals surface area contributed by atoms with Crippen molar-refractivity contribution in [1.29, 1.82) is 0 Å². The zero-order chi connectivity index (χ0) is 16.6. The van der Waals surface area contributed by atoms with Crippen molar-refractivity contribution in [1.82, 2.24) is 0 Å². The molecular formula is C17H16O6. The average molecular weight is 316 g/mol. The van der Waals surface area contributed by atoms with Crippen LogP contribution in [0.4, 0.5) is 0 Å². The maximum atomic E-state index is 12.7. The zero-order valence-corrected chi connectivity index (χ0v) is 12.4. The Morgan fingerprint density at radius 1 is 1.26 bits per heavy atom. The monoisotopic (exact) mass is 316 g/mol. The van der Waals surface area contributed by atoms with Crippen LogP contribution < -0.4 is 9.47 Å². The van der Waals surface area contributed by atoms with Gasteiger partial charge in [-0.25, -0.2) is 0 Å². The van der Waals surface area contributed by atoms with Crippen LogP contribution in [-0.2, 0) is 0 Å². The Morgan fingerprint density at radius 2 is 1.96 bits per heavy atom. The number of hydrogen-bond acceptors (Lipinski definition) is 6. The minimum Gasteiger partial charge on any atom is -0.504 e. The third-order valence-electron chi connectivity index (χ3n) is 3.93. The number of fused-ring (bicyclic) bond motifs is 1. The second-order valence-corrected chi connectivity index (χ2v) is 5.29. The molecule has 0 aromatic heterocycles. The molecule has 6 nitrogen and oxygen atoms in total. The Balaban J connectivity index is 2.01. The lowest BCUT2D eigenvalue weighted by molar-refractivity contribution is 0.0474. The minimum atomic E-state index is -1.06. The van der Waals surface area contributed by atoms with E-state index >= 15 is 0 Å². The van der Waals surface area contributed by atoms with Crippen molar-refractivity contribution in [3.8, 4) is 23.0 Å². The van der Waals surface area contributed by atoms with Gasteiger partial charge < -0.3 is 24.8 Å². The van der Waals surface area contributed by atoms with E-state index in [0.717, 1.165) is 0 Å². The number of phenols is 2. The van der Waals surface area contributed by atoms with Gasteiger partial charge in [-0.15, -0.1) is 0 Å². The van der Waals surface area contributed by atoms with Gasteiger partial charge in [0.2, 0.25) is 5.75 Å². The SMILES string of the molecule is COc1c(O)cc2c(c1O)C(=O)[C@H]([C@H](O)c1ccccc1)CO2. The summed E-state index contributed by atoms with van der Waals surface area (Å²) < 4.78 is 10.4. The van der Waals surface area contributed by atoms with Gasteiger partial charge >= 0.3 is 0 Å². The number of aliphatic hydroxyl groups is 1. The van der Waals surface area contributed by atoms with E-state index in [1.807, 2.05) is 6.07 Å². The molecule has 0 radical (unpaired) electrons. The van der Waals surface area contributed by atoms with Gasteiger partial charge in [0.25, 0.3) is 0 Å². The first kappa shape index (κ1) is 15.2. The summed E-state index contributed by atoms with van der Waals surface area (Å²) in [5.41, 5.74) is 0.494. The van der Waals surface area contributed by atoms with Crippen LogP contribution in [0, 0.1) is 5.92 Å². The number of hydrogen-bond donors (Lipinski definition) is 3. The Morgan fingerprint density at radius 3 is 2.61 bits per heavy atom. The highest BCUT2D eigenvalue weighted by molar-refractivity contribution is 6.05. The number of rotatable bonds is 3. The summed E-state index contributed by atoms with van der Waals surface area (Å²) in [6.07, 6.45) is -1.06. The number of carbonyl (C=O) groups excluding carboxylic acids is 1. The fraction of sp³-hybridized carbons (Fsp3) is 0.235. The topological polar surface area (TPSA) is 96.2 Å². The molecule has 0 saturated carbocycles. The van der Waals surface area contributed by atoms with Crippen LogP contribution in [0.5, 0.6) is 23.0 Å². The number of methoxy groups -OCH3 is 1. The van der Waals surface area contributed by atoms with E-state index in [1.54, 1.807) is 24.3 Å². The number of aliphatic hydroxyl groups excluding tert-OH is 1. The van der Waals surface area contributed by atoms with E-state index in [9.17, 15) is 20.1 Å². The smallest absolute Gasteiger partial charge is 0.203 e. The van der Waals surface area contributed by atoms with Crippen molar-refractivity contribution in [2.45, 2.75) is 6.10 Å². The average Bonchev–Trinajstić information content (AvgIpc) is 2.55. The normalized spacial score (nSPS) is 18.0. The fourth-order valence-corrected chi connectivity index (χ4v) is 2.72. The first-order valence-corrected chi connectivity index (χ1v) is 7.07. The number of aromatic hydroxyl groups is 2. The molecule has 3 rings (SSSR count). The summed E-state index contributed by atoms with van der Waals surface area (Å²) in [6.45, 7) is -0.0485. The second kappa shape index (κ2) is 5.81. The van der Waals surface area contributed by atoms with Crippen molar-refractivity contribution in [2.24, 2.45) is 5.92 Å². The first-order valence-electron chi connectivity index (χ1n) is 7.07. The molecule has 120 valence electrons. The summed E-state index contributed by atoms with van der Waals surface area (Å²) in [5.74, 6) is -2.25. The van der Waals surface area contributed by atoms with Crippen LogP contribution in [-0.4, -0.2) is 34.8 Å². The molecule has 2 aromatic rings. The largest absolute Gasteiger partial charge is 0.504 e. The van der Waals surface area contributed by atoms with Crippen molar-refractivity contribution in [3.05, 3.63) is 47.5 Å². The molecule has 1 aliphatic rings. The Bertz CT molecular complexity index is 740. The van der Waals surface area contributed by atoms with Gasteiger partial charge in [-0.3, -0.25) is 4.79 Å². The van der Waals surface area contributed by atoms with Crippen LogP contribution in [0.2, 0.25) is 0 Å². The van der Waals surface area contributed by atoms with Gasteiger partial charge in [-0.1, -0.05) is 30.3 Å². The molecule has 0 fully saturated rings. The predicted molar refractivity (Wildman–Crippen MR) is 81.0 cm³/mol. The van der Waals surface area contributed by atoms with Gasteiger partial charge in [0.1, 0.15) is 17.9 Å². The lowest BCUT2D eigenvalue weighted by Gasteiger charge is -2.28. The van der Waals surface area contributed by atoms with Crippen LogP contribution >= 0.6 is 0 Å². The van der Waals surface area contributed by atoms with Crippen molar-refractivity contribution in [3.63, 3.8) is 0 Å². The highest BCUT2D eigenvalue weighted by Gasteiger charge is 2.38. The quantitative estimate of drug-likeness (QED) is 0.802. The van der Waals surface area contributed by atoms with Gasteiger partial charge in [-0.05, 0) is 5.56 Å². The number of Topliss-reactive ketones (excluding diaryl/α,β-unsaturated/α-hetero) is 1. The summed E-state index contributed by atoms with van der Waals surface area (Å²) in [4.78, 5) is 12.7. The summed E-state index contributed by atoms with van der Waals surface area (Å²) in [5, 5.41) is 30.4. The van der Waals surface area contributed by atoms with E-state index in [4.69, 9.17) is 9.47 Å². The maximum absolute atomic E-state index is 12.7. The highest BCUT2D eigenvalue weighted by Crippen LogP contribution is 2.47. The molecule has 0 aliphatic carbocycles. The lowest BCUT2D eigenvalue weighted by Crippen LogP contribution is -2.32. The Hall–Kier alpha value is -2.73. The van der Waals surface area contributed by atoms with Gasteiger partial charge in [0.15, 0.2) is 17.3 Å². The predicted octanol–water partition coefficient (Wildman–Crippen LogP) is 2.03. The van der Waals surface area contributed by atoms with Gasteiger partial charge in [0, 0.05) is 6.07 Å². The molecule has 1 aliphatic heterocycles. The zero-order valence-electron chi connectivity index (χ0n) is 12.4. The Labute approximate surface area is 132 Å². The molecule has 23 heavy (non-hydrogen) atoms. The third kappa shape index (κ3) is 2.47. The molecule has 3 N–H and O–H groups in total. The molecule has 2 aromatic carbocycles. The van der Waals surface area contributed by atoms with E-state index in [-0.39, 0.29) is 29.4 Å². The lowest BCUT2D eigenvalue weighted by atomic mass is 9.86. The van der Waals surface area contributed by atoms with E-state index < -0.39 is 23.6 Å². The fourth-order valence-electron chi connectivity index (χ4n) is 2.72.